The van der Waals surface area contributed by atoms with Crippen LogP contribution in [-0.2, 0) is 20.8 Å². The summed E-state index contributed by atoms with van der Waals surface area (Å²) < 4.78 is 27.5. The fourth-order valence-corrected chi connectivity index (χ4v) is 2.81. The predicted octanol–water partition coefficient (Wildman–Crippen LogP) is 2.46. The molecule has 2 aliphatic rings. The Morgan fingerprint density at radius 3 is 2.62 bits per heavy atom. The smallest absolute Gasteiger partial charge is 0.345 e. The maximum absolute atomic E-state index is 12.1. The van der Waals surface area contributed by atoms with Crippen molar-refractivity contribution in [3.8, 4) is 11.5 Å². The molecule has 2 aliphatic heterocycles. The minimum absolute atomic E-state index is 0.325. The van der Waals surface area contributed by atoms with Gasteiger partial charge in [0.15, 0.2) is 0 Å². The van der Waals surface area contributed by atoms with Crippen molar-refractivity contribution in [2.24, 2.45) is 0 Å². The van der Waals surface area contributed by atoms with Crippen LogP contribution in [0.15, 0.2) is 0 Å². The van der Waals surface area contributed by atoms with Gasteiger partial charge in [0.2, 0.25) is 12.1 Å². The molecule has 21 heavy (non-hydrogen) atoms. The summed E-state index contributed by atoms with van der Waals surface area (Å²) in [5.41, 5.74) is 2.57. The lowest BCUT2D eigenvalue weighted by atomic mass is 9.95. The summed E-state index contributed by atoms with van der Waals surface area (Å²) in [5.74, 6) is -0.0547. The Labute approximate surface area is 122 Å². The zero-order valence-corrected chi connectivity index (χ0v) is 12.7. The molecule has 1 aromatic carbocycles. The van der Waals surface area contributed by atoms with E-state index in [4.69, 9.17) is 23.7 Å². The van der Waals surface area contributed by atoms with Crippen molar-refractivity contribution in [2.75, 3.05) is 14.2 Å². The lowest BCUT2D eigenvalue weighted by Crippen LogP contribution is -2.36. The first-order chi connectivity index (χ1) is 9.89. The minimum atomic E-state index is -0.760. The molecule has 6 heteroatoms. The maximum atomic E-state index is 12.1. The topological polar surface area (TPSA) is 63.2 Å². The van der Waals surface area contributed by atoms with Gasteiger partial charge in [-0.15, -0.1) is 0 Å². The summed E-state index contributed by atoms with van der Waals surface area (Å²) in [6, 6.07) is 0. The van der Waals surface area contributed by atoms with Crippen LogP contribution < -0.4 is 9.47 Å². The molecule has 3 rings (SSSR count). The van der Waals surface area contributed by atoms with E-state index in [0.717, 1.165) is 11.1 Å². The standard InChI is InChI=1S/C15H18O6/c1-7-11-8(6-19-15(2,3)21-11)9-10(12(7)17-4)13(16)20-14(9)18-5/h14H,6H2,1-5H3/t14-/m0/s1. The molecule has 6 nitrogen and oxygen atoms in total. The molecule has 1 aromatic rings. The third kappa shape index (κ3) is 1.98. The Bertz CT molecular complexity index is 619. The predicted molar refractivity (Wildman–Crippen MR) is 72.4 cm³/mol. The van der Waals surface area contributed by atoms with Crippen molar-refractivity contribution < 1.29 is 28.5 Å². The SMILES string of the molecule is COc1c(C)c2c(c3c1C(=O)O[C@@H]3OC)COC(C)(C)O2. The van der Waals surface area contributed by atoms with Gasteiger partial charge in [-0.25, -0.2) is 4.79 Å². The van der Waals surface area contributed by atoms with Crippen LogP contribution in [0.25, 0.3) is 0 Å². The molecule has 0 amide bonds. The molecule has 0 aromatic heterocycles. The lowest BCUT2D eigenvalue weighted by molar-refractivity contribution is -0.181. The highest BCUT2D eigenvalue weighted by Crippen LogP contribution is 2.49. The number of carbonyl (C=O) groups is 1. The molecule has 114 valence electrons. The third-order valence-corrected chi connectivity index (χ3v) is 3.76. The Hall–Kier alpha value is -1.79. The van der Waals surface area contributed by atoms with Gasteiger partial charge >= 0.3 is 5.97 Å². The molecule has 0 radical (unpaired) electrons. The van der Waals surface area contributed by atoms with Gasteiger partial charge in [0.05, 0.1) is 13.7 Å². The normalized spacial score (nSPS) is 22.1. The van der Waals surface area contributed by atoms with Gasteiger partial charge in [0.25, 0.3) is 0 Å². The second-order valence-corrected chi connectivity index (χ2v) is 5.52. The number of hydrogen-bond donors (Lipinski definition) is 0. The number of esters is 1. The number of hydrogen-bond acceptors (Lipinski definition) is 6. The quantitative estimate of drug-likeness (QED) is 0.781. The van der Waals surface area contributed by atoms with Crippen molar-refractivity contribution >= 4 is 5.97 Å². The van der Waals surface area contributed by atoms with Crippen molar-refractivity contribution in [1.82, 2.24) is 0 Å². The first-order valence-electron chi connectivity index (χ1n) is 6.69. The molecular formula is C15H18O6. The second kappa shape index (κ2) is 4.61. The van der Waals surface area contributed by atoms with E-state index in [9.17, 15) is 4.79 Å². The Morgan fingerprint density at radius 1 is 1.29 bits per heavy atom. The van der Waals surface area contributed by atoms with Gasteiger partial charge < -0.3 is 23.7 Å². The van der Waals surface area contributed by atoms with Crippen molar-refractivity contribution in [3.63, 3.8) is 0 Å². The van der Waals surface area contributed by atoms with E-state index in [2.05, 4.69) is 0 Å². The number of fused-ring (bicyclic) bond motifs is 3. The highest BCUT2D eigenvalue weighted by Gasteiger charge is 2.43. The third-order valence-electron chi connectivity index (χ3n) is 3.76. The maximum Gasteiger partial charge on any atom is 0.345 e. The number of rotatable bonds is 2. The van der Waals surface area contributed by atoms with E-state index in [1.807, 2.05) is 20.8 Å². The summed E-state index contributed by atoms with van der Waals surface area (Å²) in [4.78, 5) is 12.1. The molecule has 0 unspecified atom stereocenters. The van der Waals surface area contributed by atoms with Crippen LogP contribution >= 0.6 is 0 Å². The van der Waals surface area contributed by atoms with Crippen LogP contribution in [0.1, 0.15) is 47.2 Å². The van der Waals surface area contributed by atoms with Crippen LogP contribution in [0.5, 0.6) is 11.5 Å². The zero-order valence-electron chi connectivity index (χ0n) is 12.7. The Kier molecular flexibility index (Phi) is 3.11. The van der Waals surface area contributed by atoms with Crippen LogP contribution in [0.2, 0.25) is 0 Å². The first kappa shape index (κ1) is 14.2. The number of methoxy groups -OCH3 is 2. The number of cyclic esters (lactones) is 1. The van der Waals surface area contributed by atoms with E-state index < -0.39 is 18.0 Å². The van der Waals surface area contributed by atoms with Crippen LogP contribution in [0, 0.1) is 6.92 Å². The summed E-state index contributed by atoms with van der Waals surface area (Å²) in [6.07, 6.45) is -0.760. The van der Waals surface area contributed by atoms with Gasteiger partial charge in [-0.05, 0) is 6.92 Å². The molecule has 0 saturated carbocycles. The average Bonchev–Trinajstić information content (AvgIpc) is 2.76. The Balaban J connectivity index is 2.29. The lowest BCUT2D eigenvalue weighted by Gasteiger charge is -2.35. The fourth-order valence-electron chi connectivity index (χ4n) is 2.81. The monoisotopic (exact) mass is 294 g/mol. The van der Waals surface area contributed by atoms with Gasteiger partial charge in [-0.1, -0.05) is 0 Å². The molecule has 1 atom stereocenters. The number of carbonyl (C=O) groups excluding carboxylic acids is 1. The highest BCUT2D eigenvalue weighted by molar-refractivity contribution is 5.98. The van der Waals surface area contributed by atoms with Crippen molar-refractivity contribution in [2.45, 2.75) is 39.5 Å². The molecular weight excluding hydrogens is 276 g/mol. The van der Waals surface area contributed by atoms with Crippen molar-refractivity contribution in [1.29, 1.82) is 0 Å². The van der Waals surface area contributed by atoms with Gasteiger partial charge in [-0.3, -0.25) is 0 Å². The fraction of sp³-hybridized carbons (Fsp3) is 0.533. The molecule has 0 spiro atoms. The second-order valence-electron chi connectivity index (χ2n) is 5.52. The van der Waals surface area contributed by atoms with E-state index in [-0.39, 0.29) is 0 Å². The van der Waals surface area contributed by atoms with E-state index in [0.29, 0.717) is 29.2 Å². The summed E-state index contributed by atoms with van der Waals surface area (Å²) >= 11 is 0. The van der Waals surface area contributed by atoms with Crippen LogP contribution in [-0.4, -0.2) is 26.0 Å². The van der Waals surface area contributed by atoms with Crippen molar-refractivity contribution in [3.05, 3.63) is 22.3 Å². The number of ether oxygens (including phenoxy) is 5. The van der Waals surface area contributed by atoms with Crippen LogP contribution in [0.3, 0.4) is 0 Å². The first-order valence-corrected chi connectivity index (χ1v) is 6.69. The molecule has 0 bridgehead atoms. The Morgan fingerprint density at radius 2 is 2.00 bits per heavy atom. The van der Waals surface area contributed by atoms with E-state index in [1.54, 1.807) is 0 Å². The molecule has 0 fully saturated rings. The average molecular weight is 294 g/mol. The highest BCUT2D eigenvalue weighted by atomic mass is 16.7. The van der Waals surface area contributed by atoms with Gasteiger partial charge in [-0.2, -0.15) is 0 Å². The molecule has 0 N–H and O–H groups in total. The summed E-state index contributed by atoms with van der Waals surface area (Å²) in [5, 5.41) is 0. The van der Waals surface area contributed by atoms with Gasteiger partial charge in [0.1, 0.15) is 17.1 Å². The minimum Gasteiger partial charge on any atom is -0.495 e. The largest absolute Gasteiger partial charge is 0.495 e. The molecule has 2 heterocycles. The molecule has 0 aliphatic carbocycles. The number of benzene rings is 1. The van der Waals surface area contributed by atoms with E-state index >= 15 is 0 Å². The summed E-state index contributed by atoms with van der Waals surface area (Å²) in [6.45, 7) is 5.85. The molecule has 0 saturated heterocycles. The summed E-state index contributed by atoms with van der Waals surface area (Å²) in [7, 11) is 3.01. The van der Waals surface area contributed by atoms with Gasteiger partial charge in [0, 0.05) is 37.6 Å². The zero-order chi connectivity index (χ0) is 15.4. The van der Waals surface area contributed by atoms with Crippen LogP contribution in [0.4, 0.5) is 0 Å². The van der Waals surface area contributed by atoms with E-state index in [1.165, 1.54) is 14.2 Å².